The fourth-order valence-electron chi connectivity index (χ4n) is 3.30. The van der Waals surface area contributed by atoms with E-state index in [1.54, 1.807) is 31.2 Å². The van der Waals surface area contributed by atoms with Gasteiger partial charge in [-0.3, -0.25) is 13.9 Å². The van der Waals surface area contributed by atoms with E-state index in [-0.39, 0.29) is 18.5 Å². The molecular formula is C24H33N3O4S. The first kappa shape index (κ1) is 25.4. The summed E-state index contributed by atoms with van der Waals surface area (Å²) in [5.74, 6) is -0.707. The highest BCUT2D eigenvalue weighted by Gasteiger charge is 2.29. The Balaban J connectivity index is 2.29. The maximum Gasteiger partial charge on any atom is 0.244 e. The normalized spacial score (nSPS) is 12.3. The SMILES string of the molecule is Cc1ccc(N(CC(=O)N(CCc2ccccc2)[C@@H](C)C(=O)NC(C)C)S(C)(=O)=O)cc1. The van der Waals surface area contributed by atoms with Crippen molar-refractivity contribution < 1.29 is 18.0 Å². The van der Waals surface area contributed by atoms with Crippen molar-refractivity contribution in [1.82, 2.24) is 10.2 Å². The van der Waals surface area contributed by atoms with Crippen LogP contribution in [0.1, 0.15) is 31.9 Å². The van der Waals surface area contributed by atoms with E-state index in [1.807, 2.05) is 51.1 Å². The second-order valence-electron chi connectivity index (χ2n) is 8.27. The highest BCUT2D eigenvalue weighted by molar-refractivity contribution is 7.92. The first-order valence-corrected chi connectivity index (χ1v) is 12.5. The van der Waals surface area contributed by atoms with E-state index in [9.17, 15) is 18.0 Å². The number of sulfonamides is 1. The number of aryl methyl sites for hydroxylation is 1. The molecule has 1 atom stereocenters. The zero-order chi connectivity index (χ0) is 23.9. The van der Waals surface area contributed by atoms with E-state index in [0.717, 1.165) is 21.7 Å². The van der Waals surface area contributed by atoms with E-state index < -0.39 is 22.0 Å². The molecule has 0 aromatic heterocycles. The van der Waals surface area contributed by atoms with E-state index in [2.05, 4.69) is 5.32 Å². The van der Waals surface area contributed by atoms with Crippen molar-refractivity contribution in [3.8, 4) is 0 Å². The summed E-state index contributed by atoms with van der Waals surface area (Å²) in [4.78, 5) is 27.5. The molecular weight excluding hydrogens is 426 g/mol. The van der Waals surface area contributed by atoms with Crippen molar-refractivity contribution in [3.05, 3.63) is 65.7 Å². The van der Waals surface area contributed by atoms with Gasteiger partial charge < -0.3 is 10.2 Å². The molecule has 2 aromatic carbocycles. The Morgan fingerprint density at radius 1 is 0.969 bits per heavy atom. The van der Waals surface area contributed by atoms with E-state index in [4.69, 9.17) is 0 Å². The first-order chi connectivity index (χ1) is 15.0. The van der Waals surface area contributed by atoms with Gasteiger partial charge in [0.25, 0.3) is 0 Å². The molecule has 32 heavy (non-hydrogen) atoms. The average Bonchev–Trinajstić information content (AvgIpc) is 2.72. The standard InChI is InChI=1S/C24H33N3O4S/c1-18(2)25-24(29)20(4)26(16-15-21-9-7-6-8-10-21)23(28)17-27(32(5,30)31)22-13-11-19(3)12-14-22/h6-14,18,20H,15-17H2,1-5H3,(H,25,29)/t20-/m0/s1. The van der Waals surface area contributed by atoms with Crippen molar-refractivity contribution in [1.29, 1.82) is 0 Å². The molecule has 2 amide bonds. The minimum absolute atomic E-state index is 0.0731. The summed E-state index contributed by atoms with van der Waals surface area (Å²) < 4.78 is 26.0. The van der Waals surface area contributed by atoms with Crippen LogP contribution in [0.15, 0.2) is 54.6 Å². The summed E-state index contributed by atoms with van der Waals surface area (Å²) in [6.45, 7) is 7.18. The molecule has 0 aliphatic heterocycles. The third-order valence-corrected chi connectivity index (χ3v) is 6.22. The Morgan fingerprint density at radius 2 is 1.56 bits per heavy atom. The van der Waals surface area contributed by atoms with E-state index in [0.29, 0.717) is 18.7 Å². The lowest BCUT2D eigenvalue weighted by molar-refractivity contribution is -0.139. The molecule has 0 unspecified atom stereocenters. The second kappa shape index (κ2) is 11.1. The van der Waals surface area contributed by atoms with E-state index >= 15 is 0 Å². The lowest BCUT2D eigenvalue weighted by atomic mass is 10.1. The van der Waals surface area contributed by atoms with Gasteiger partial charge in [-0.2, -0.15) is 0 Å². The molecule has 0 aliphatic carbocycles. The Hall–Kier alpha value is -2.87. The van der Waals surface area contributed by atoms with Crippen LogP contribution in [-0.2, 0) is 26.0 Å². The summed E-state index contributed by atoms with van der Waals surface area (Å²) in [7, 11) is -3.71. The van der Waals surface area contributed by atoms with Crippen molar-refractivity contribution in [2.45, 2.75) is 46.2 Å². The number of anilines is 1. The summed E-state index contributed by atoms with van der Waals surface area (Å²) in [5.41, 5.74) is 2.42. The first-order valence-electron chi connectivity index (χ1n) is 10.7. The zero-order valence-corrected chi connectivity index (χ0v) is 20.2. The fraction of sp³-hybridized carbons (Fsp3) is 0.417. The van der Waals surface area contributed by atoms with Crippen LogP contribution in [-0.4, -0.2) is 56.6 Å². The highest BCUT2D eigenvalue weighted by Crippen LogP contribution is 2.19. The topological polar surface area (TPSA) is 86.8 Å². The molecule has 2 aromatic rings. The predicted molar refractivity (Wildman–Crippen MR) is 128 cm³/mol. The number of benzene rings is 2. The molecule has 0 aliphatic rings. The Morgan fingerprint density at radius 3 is 2.09 bits per heavy atom. The molecule has 7 nitrogen and oxygen atoms in total. The lowest BCUT2D eigenvalue weighted by Gasteiger charge is -2.31. The van der Waals surface area contributed by atoms with Crippen molar-refractivity contribution in [2.75, 3.05) is 23.7 Å². The number of nitrogens with one attached hydrogen (secondary N) is 1. The third-order valence-electron chi connectivity index (χ3n) is 5.08. The number of carbonyl (C=O) groups excluding carboxylic acids is 2. The fourth-order valence-corrected chi connectivity index (χ4v) is 4.15. The van der Waals surface area contributed by atoms with Gasteiger partial charge in [0, 0.05) is 12.6 Å². The predicted octanol–water partition coefficient (Wildman–Crippen LogP) is 2.75. The molecule has 0 fully saturated rings. The number of rotatable bonds is 10. The number of amides is 2. The van der Waals surface area contributed by atoms with Crippen molar-refractivity contribution in [2.24, 2.45) is 0 Å². The average molecular weight is 460 g/mol. The Kier molecular flexibility index (Phi) is 8.83. The highest BCUT2D eigenvalue weighted by atomic mass is 32.2. The zero-order valence-electron chi connectivity index (χ0n) is 19.4. The van der Waals surface area contributed by atoms with Gasteiger partial charge in [0.15, 0.2) is 0 Å². The van der Waals surface area contributed by atoms with Crippen LogP contribution >= 0.6 is 0 Å². The van der Waals surface area contributed by atoms with Crippen molar-refractivity contribution >= 4 is 27.5 Å². The van der Waals surface area contributed by atoms with Gasteiger partial charge in [-0.1, -0.05) is 48.0 Å². The summed E-state index contributed by atoms with van der Waals surface area (Å²) in [5, 5.41) is 2.83. The molecule has 0 spiro atoms. The summed E-state index contributed by atoms with van der Waals surface area (Å²) in [6, 6.07) is 15.8. The van der Waals surface area contributed by atoms with Crippen LogP contribution in [0.3, 0.4) is 0 Å². The molecule has 2 rings (SSSR count). The smallest absolute Gasteiger partial charge is 0.244 e. The molecule has 0 radical (unpaired) electrons. The van der Waals surface area contributed by atoms with Gasteiger partial charge in [-0.05, 0) is 51.8 Å². The minimum Gasteiger partial charge on any atom is -0.352 e. The van der Waals surface area contributed by atoms with Gasteiger partial charge in [0.1, 0.15) is 12.6 Å². The largest absolute Gasteiger partial charge is 0.352 e. The van der Waals surface area contributed by atoms with Crippen LogP contribution < -0.4 is 9.62 Å². The van der Waals surface area contributed by atoms with Gasteiger partial charge >= 0.3 is 0 Å². The van der Waals surface area contributed by atoms with Crippen LogP contribution in [0.25, 0.3) is 0 Å². The maximum atomic E-state index is 13.3. The Labute approximate surface area is 191 Å². The molecule has 174 valence electrons. The monoisotopic (exact) mass is 459 g/mol. The van der Waals surface area contributed by atoms with Gasteiger partial charge in [0.2, 0.25) is 21.8 Å². The molecule has 0 saturated heterocycles. The molecule has 0 bridgehead atoms. The Bertz CT molecular complexity index is 1010. The molecule has 0 heterocycles. The minimum atomic E-state index is -3.71. The lowest BCUT2D eigenvalue weighted by Crippen LogP contribution is -2.53. The van der Waals surface area contributed by atoms with Crippen molar-refractivity contribution in [3.63, 3.8) is 0 Å². The van der Waals surface area contributed by atoms with Gasteiger partial charge in [0.05, 0.1) is 11.9 Å². The quantitative estimate of drug-likeness (QED) is 0.592. The third kappa shape index (κ3) is 7.37. The number of hydrogen-bond donors (Lipinski definition) is 1. The molecule has 1 N–H and O–H groups in total. The summed E-state index contributed by atoms with van der Waals surface area (Å²) >= 11 is 0. The van der Waals surface area contributed by atoms with Gasteiger partial charge in [-0.15, -0.1) is 0 Å². The van der Waals surface area contributed by atoms with Gasteiger partial charge in [-0.25, -0.2) is 8.42 Å². The molecule has 8 heteroatoms. The maximum absolute atomic E-state index is 13.3. The number of hydrogen-bond acceptors (Lipinski definition) is 4. The van der Waals surface area contributed by atoms with Crippen LogP contribution in [0.2, 0.25) is 0 Å². The van der Waals surface area contributed by atoms with Crippen LogP contribution in [0.5, 0.6) is 0 Å². The summed E-state index contributed by atoms with van der Waals surface area (Å²) in [6.07, 6.45) is 1.62. The number of nitrogens with zero attached hydrogens (tertiary/aromatic N) is 2. The van der Waals surface area contributed by atoms with E-state index in [1.165, 1.54) is 4.90 Å². The second-order valence-corrected chi connectivity index (χ2v) is 10.2. The van der Waals surface area contributed by atoms with Crippen LogP contribution in [0, 0.1) is 6.92 Å². The number of carbonyl (C=O) groups is 2. The van der Waals surface area contributed by atoms with Crippen LogP contribution in [0.4, 0.5) is 5.69 Å². The molecule has 0 saturated carbocycles.